The lowest BCUT2D eigenvalue weighted by Gasteiger charge is -2.36. The van der Waals surface area contributed by atoms with Gasteiger partial charge in [-0.05, 0) is 51.1 Å². The average molecular weight is 395 g/mol. The van der Waals surface area contributed by atoms with E-state index in [0.29, 0.717) is 5.82 Å². The second kappa shape index (κ2) is 7.04. The Bertz CT molecular complexity index is 871. The Hall–Kier alpha value is -1.86. The van der Waals surface area contributed by atoms with Crippen molar-refractivity contribution in [3.05, 3.63) is 41.4 Å². The number of rotatable bonds is 3. The van der Waals surface area contributed by atoms with Gasteiger partial charge in [0.25, 0.3) is 0 Å². The average Bonchev–Trinajstić information content (AvgIpc) is 2.61. The van der Waals surface area contributed by atoms with E-state index in [2.05, 4.69) is 20.0 Å². The second-order valence-electron chi connectivity index (χ2n) is 7.30. The third-order valence-electron chi connectivity index (χ3n) is 4.48. The molecular formula is C18H23ClN4O2S. The molecule has 2 aromatic rings. The Morgan fingerprint density at radius 1 is 0.962 bits per heavy atom. The van der Waals surface area contributed by atoms with Gasteiger partial charge in [0.15, 0.2) is 10.8 Å². The van der Waals surface area contributed by atoms with E-state index in [9.17, 15) is 8.42 Å². The number of hydrogen-bond donors (Lipinski definition) is 0. The van der Waals surface area contributed by atoms with Crippen molar-refractivity contribution >= 4 is 32.9 Å². The summed E-state index contributed by atoms with van der Waals surface area (Å²) in [5, 5.41) is 8.87. The molecule has 0 bridgehead atoms. The molecule has 0 amide bonds. The number of aromatic nitrogens is 2. The van der Waals surface area contributed by atoms with Gasteiger partial charge in [-0.15, -0.1) is 10.2 Å². The zero-order valence-corrected chi connectivity index (χ0v) is 16.8. The van der Waals surface area contributed by atoms with Crippen molar-refractivity contribution in [1.82, 2.24) is 10.2 Å². The van der Waals surface area contributed by atoms with E-state index in [4.69, 9.17) is 11.6 Å². The van der Waals surface area contributed by atoms with E-state index in [-0.39, 0.29) is 5.03 Å². The number of benzene rings is 1. The normalized spacial score (nSPS) is 16.0. The highest BCUT2D eigenvalue weighted by Gasteiger charge is 2.32. The van der Waals surface area contributed by atoms with Crippen molar-refractivity contribution in [3.8, 4) is 0 Å². The second-order valence-corrected chi connectivity index (χ2v) is 10.4. The predicted molar refractivity (Wildman–Crippen MR) is 105 cm³/mol. The van der Waals surface area contributed by atoms with E-state index < -0.39 is 14.6 Å². The van der Waals surface area contributed by atoms with Crippen LogP contribution in [0.5, 0.6) is 0 Å². The fraction of sp³-hybridized carbons (Fsp3) is 0.444. The molecular weight excluding hydrogens is 372 g/mol. The maximum atomic E-state index is 12.4. The van der Waals surface area contributed by atoms with Crippen LogP contribution in [-0.2, 0) is 9.84 Å². The third-order valence-corrected chi connectivity index (χ3v) is 7.10. The molecule has 0 atom stereocenters. The highest BCUT2D eigenvalue weighted by molar-refractivity contribution is 7.92. The Balaban J connectivity index is 1.69. The van der Waals surface area contributed by atoms with Gasteiger partial charge in [0.05, 0.1) is 4.75 Å². The number of anilines is 2. The smallest absolute Gasteiger partial charge is 0.202 e. The molecule has 0 saturated carbocycles. The maximum absolute atomic E-state index is 12.4. The van der Waals surface area contributed by atoms with Crippen LogP contribution in [0.4, 0.5) is 11.5 Å². The molecule has 2 heterocycles. The summed E-state index contributed by atoms with van der Waals surface area (Å²) in [6.45, 7) is 8.22. The molecule has 3 rings (SSSR count). The standard InChI is InChI=1S/C18H23ClN4O2S/c1-18(2,3)26(24,25)17-8-7-16(20-21-17)23-11-9-22(10-12-23)15-6-4-5-14(19)13-15/h4-8,13H,9-12H2,1-3H3. The van der Waals surface area contributed by atoms with Crippen LogP contribution in [0.3, 0.4) is 0 Å². The van der Waals surface area contributed by atoms with Crippen molar-refractivity contribution in [2.45, 2.75) is 30.5 Å². The Kier molecular flexibility index (Phi) is 5.12. The fourth-order valence-corrected chi connectivity index (χ4v) is 4.01. The van der Waals surface area contributed by atoms with Crippen LogP contribution >= 0.6 is 11.6 Å². The van der Waals surface area contributed by atoms with Gasteiger partial charge in [-0.1, -0.05) is 17.7 Å². The minimum atomic E-state index is -3.49. The van der Waals surface area contributed by atoms with E-state index in [1.165, 1.54) is 0 Å². The van der Waals surface area contributed by atoms with Gasteiger partial charge in [0.1, 0.15) is 0 Å². The number of hydrogen-bond acceptors (Lipinski definition) is 6. The highest BCUT2D eigenvalue weighted by atomic mass is 35.5. The van der Waals surface area contributed by atoms with Gasteiger partial charge in [-0.3, -0.25) is 0 Å². The first-order valence-corrected chi connectivity index (χ1v) is 10.4. The van der Waals surface area contributed by atoms with Crippen LogP contribution in [0.2, 0.25) is 5.02 Å². The highest BCUT2D eigenvalue weighted by Crippen LogP contribution is 2.25. The van der Waals surface area contributed by atoms with Gasteiger partial charge in [0.2, 0.25) is 9.84 Å². The predicted octanol–water partition coefficient (Wildman–Crippen LogP) is 3.03. The zero-order chi connectivity index (χ0) is 18.9. The SMILES string of the molecule is CC(C)(C)S(=O)(=O)c1ccc(N2CCN(c3cccc(Cl)c3)CC2)nn1. The summed E-state index contributed by atoms with van der Waals surface area (Å²) in [6, 6.07) is 11.1. The van der Waals surface area contributed by atoms with Gasteiger partial charge < -0.3 is 9.80 Å². The Labute approximate surface area is 159 Å². The monoisotopic (exact) mass is 394 g/mol. The fourth-order valence-electron chi connectivity index (χ4n) is 2.81. The van der Waals surface area contributed by atoms with Gasteiger partial charge >= 0.3 is 0 Å². The number of sulfone groups is 1. The van der Waals surface area contributed by atoms with Crippen LogP contribution in [0.1, 0.15) is 20.8 Å². The molecule has 140 valence electrons. The van der Waals surface area contributed by atoms with Crippen LogP contribution in [-0.4, -0.2) is 49.5 Å². The van der Waals surface area contributed by atoms with E-state index >= 15 is 0 Å². The number of nitrogens with zero attached hydrogens (tertiary/aromatic N) is 4. The molecule has 1 aromatic carbocycles. The summed E-state index contributed by atoms with van der Waals surface area (Å²) < 4.78 is 24.0. The summed E-state index contributed by atoms with van der Waals surface area (Å²) in [6.07, 6.45) is 0. The molecule has 26 heavy (non-hydrogen) atoms. The molecule has 1 aliphatic rings. The first-order valence-electron chi connectivity index (χ1n) is 8.52. The van der Waals surface area contributed by atoms with Crippen LogP contribution < -0.4 is 9.80 Å². The van der Waals surface area contributed by atoms with E-state index in [1.54, 1.807) is 32.9 Å². The lowest BCUT2D eigenvalue weighted by molar-refractivity contribution is 0.553. The van der Waals surface area contributed by atoms with Crippen LogP contribution in [0.15, 0.2) is 41.4 Å². The number of piperazine rings is 1. The largest absolute Gasteiger partial charge is 0.368 e. The van der Waals surface area contributed by atoms with Crippen molar-refractivity contribution < 1.29 is 8.42 Å². The van der Waals surface area contributed by atoms with Crippen LogP contribution in [0.25, 0.3) is 0 Å². The third kappa shape index (κ3) is 3.78. The van der Waals surface area contributed by atoms with E-state index in [1.807, 2.05) is 24.3 Å². The molecule has 8 heteroatoms. The lowest BCUT2D eigenvalue weighted by atomic mass is 10.2. The quantitative estimate of drug-likeness (QED) is 0.797. The first kappa shape index (κ1) is 18.9. The molecule has 1 saturated heterocycles. The molecule has 0 unspecified atom stereocenters. The molecule has 6 nitrogen and oxygen atoms in total. The van der Waals surface area contributed by atoms with Crippen LogP contribution in [0, 0.1) is 0 Å². The molecule has 1 aliphatic heterocycles. The summed E-state index contributed by atoms with van der Waals surface area (Å²) >= 11 is 6.07. The van der Waals surface area contributed by atoms with Crippen molar-refractivity contribution in [2.75, 3.05) is 36.0 Å². The molecule has 0 N–H and O–H groups in total. The summed E-state index contributed by atoms with van der Waals surface area (Å²) in [7, 11) is -3.49. The zero-order valence-electron chi connectivity index (χ0n) is 15.2. The topological polar surface area (TPSA) is 66.4 Å². The first-order chi connectivity index (χ1) is 12.2. The van der Waals surface area contributed by atoms with Crippen molar-refractivity contribution in [3.63, 3.8) is 0 Å². The minimum Gasteiger partial charge on any atom is -0.368 e. The Morgan fingerprint density at radius 3 is 2.15 bits per heavy atom. The minimum absolute atomic E-state index is 0.0197. The molecule has 0 aliphatic carbocycles. The lowest BCUT2D eigenvalue weighted by Crippen LogP contribution is -2.47. The molecule has 0 radical (unpaired) electrons. The van der Waals surface area contributed by atoms with Crippen molar-refractivity contribution in [1.29, 1.82) is 0 Å². The molecule has 1 aromatic heterocycles. The number of halogens is 1. The van der Waals surface area contributed by atoms with E-state index in [0.717, 1.165) is 36.9 Å². The molecule has 1 fully saturated rings. The summed E-state index contributed by atoms with van der Waals surface area (Å²) in [5.74, 6) is 0.698. The van der Waals surface area contributed by atoms with Gasteiger partial charge in [-0.25, -0.2) is 8.42 Å². The summed E-state index contributed by atoms with van der Waals surface area (Å²) in [4.78, 5) is 4.38. The van der Waals surface area contributed by atoms with Gasteiger partial charge in [-0.2, -0.15) is 0 Å². The Morgan fingerprint density at radius 2 is 1.62 bits per heavy atom. The summed E-state index contributed by atoms with van der Waals surface area (Å²) in [5.41, 5.74) is 1.11. The maximum Gasteiger partial charge on any atom is 0.202 e. The molecule has 0 spiro atoms. The van der Waals surface area contributed by atoms with Crippen molar-refractivity contribution in [2.24, 2.45) is 0 Å². The van der Waals surface area contributed by atoms with Gasteiger partial charge in [0, 0.05) is 36.9 Å².